The lowest BCUT2D eigenvalue weighted by atomic mass is 10.0. The smallest absolute Gasteiger partial charge is 0.214 e. The largest absolute Gasteiger partial charge is 0.481 e. The van der Waals surface area contributed by atoms with Gasteiger partial charge in [0, 0.05) is 42.4 Å². The third kappa shape index (κ3) is 3.82. The molecule has 1 aromatic carbocycles. The van der Waals surface area contributed by atoms with E-state index in [1.165, 1.54) is 12.8 Å². The summed E-state index contributed by atoms with van der Waals surface area (Å²) in [7, 11) is 1.59. The second-order valence-corrected chi connectivity index (χ2v) is 8.56. The van der Waals surface area contributed by atoms with Crippen LogP contribution in [-0.4, -0.2) is 44.7 Å². The summed E-state index contributed by atoms with van der Waals surface area (Å²) >= 11 is 0. The molecule has 7 heteroatoms. The molecule has 7 nitrogen and oxygen atoms in total. The number of nitrogens with zero attached hydrogens (tertiary/aromatic N) is 5. The molecule has 1 N–H and O–H groups in total. The van der Waals surface area contributed by atoms with Crippen molar-refractivity contribution in [2.75, 3.05) is 20.2 Å². The molecule has 1 fully saturated rings. The average Bonchev–Trinajstić information content (AvgIpc) is 3.51. The molecular weight excluding hydrogens is 424 g/mol. The maximum Gasteiger partial charge on any atom is 0.214 e. The second-order valence-electron chi connectivity index (χ2n) is 8.56. The summed E-state index contributed by atoms with van der Waals surface area (Å²) in [6.07, 6.45) is 10.7. The number of benzene rings is 1. The van der Waals surface area contributed by atoms with Crippen molar-refractivity contribution in [2.45, 2.75) is 25.3 Å². The summed E-state index contributed by atoms with van der Waals surface area (Å²) in [6, 6.07) is 10.6. The fourth-order valence-corrected chi connectivity index (χ4v) is 4.68. The summed E-state index contributed by atoms with van der Waals surface area (Å²) in [5.41, 5.74) is 7.77. The number of pyridine rings is 1. The topological polar surface area (TPSA) is 77.8 Å². The molecular formula is C27H24N6O. The van der Waals surface area contributed by atoms with Crippen LogP contribution in [0.5, 0.6) is 5.88 Å². The van der Waals surface area contributed by atoms with Gasteiger partial charge in [0.05, 0.1) is 42.1 Å². The van der Waals surface area contributed by atoms with E-state index in [4.69, 9.17) is 9.72 Å². The Morgan fingerprint density at radius 2 is 2.09 bits per heavy atom. The molecule has 168 valence electrons. The van der Waals surface area contributed by atoms with Gasteiger partial charge in [0.15, 0.2) is 0 Å². The van der Waals surface area contributed by atoms with Gasteiger partial charge in [0.25, 0.3) is 0 Å². The van der Waals surface area contributed by atoms with Gasteiger partial charge < -0.3 is 14.6 Å². The quantitative estimate of drug-likeness (QED) is 0.483. The van der Waals surface area contributed by atoms with Crippen LogP contribution in [0.1, 0.15) is 47.1 Å². The summed E-state index contributed by atoms with van der Waals surface area (Å²) < 4.78 is 7.50. The number of ether oxygens (including phenoxy) is 1. The number of methoxy groups -OCH3 is 1. The molecule has 4 aromatic rings. The summed E-state index contributed by atoms with van der Waals surface area (Å²) in [5, 5.41) is 3.51. The molecule has 0 saturated carbocycles. The van der Waals surface area contributed by atoms with E-state index in [9.17, 15) is 0 Å². The summed E-state index contributed by atoms with van der Waals surface area (Å²) in [6.45, 7) is 2.08. The van der Waals surface area contributed by atoms with Crippen molar-refractivity contribution in [3.8, 4) is 17.7 Å². The van der Waals surface area contributed by atoms with E-state index in [1.54, 1.807) is 25.6 Å². The fourth-order valence-electron chi connectivity index (χ4n) is 4.68. The molecule has 0 bridgehead atoms. The zero-order valence-electron chi connectivity index (χ0n) is 19.0. The number of piperidine rings is 1. The highest BCUT2D eigenvalue weighted by atomic mass is 16.5. The third-order valence-electron chi connectivity index (χ3n) is 6.43. The van der Waals surface area contributed by atoms with E-state index in [2.05, 4.69) is 61.0 Å². The van der Waals surface area contributed by atoms with Gasteiger partial charge in [-0.2, -0.15) is 0 Å². The lowest BCUT2D eigenvalue weighted by Gasteiger charge is -2.24. The van der Waals surface area contributed by atoms with E-state index < -0.39 is 0 Å². The number of nitrogens with one attached hydrogen (secondary N) is 1. The standard InChI is InChI=1S/C27H24N6O/c1-34-26-13-18(10-12-29-26)4-6-20-15-30-24-9-7-22(27(24)32-20)19-5-8-23-25(14-19)33(17-31-23)21-3-2-11-28-16-21/h5,7-8,10,12-15,17,21,28H,2-3,9,11,16H2,1H3. The monoisotopic (exact) mass is 448 g/mol. The molecule has 6 rings (SSSR count). The van der Waals surface area contributed by atoms with Crippen molar-refractivity contribution < 1.29 is 4.74 Å². The first-order valence-corrected chi connectivity index (χ1v) is 11.5. The highest BCUT2D eigenvalue weighted by Crippen LogP contribution is 2.33. The minimum Gasteiger partial charge on any atom is -0.481 e. The van der Waals surface area contributed by atoms with Crippen molar-refractivity contribution in [3.63, 3.8) is 0 Å². The van der Waals surface area contributed by atoms with Gasteiger partial charge in [0.2, 0.25) is 5.88 Å². The lowest BCUT2D eigenvalue weighted by molar-refractivity contribution is 0.378. The van der Waals surface area contributed by atoms with Crippen LogP contribution in [0.25, 0.3) is 16.6 Å². The maximum atomic E-state index is 5.18. The van der Waals surface area contributed by atoms with E-state index in [1.807, 2.05) is 12.4 Å². The van der Waals surface area contributed by atoms with Crippen molar-refractivity contribution in [1.82, 2.24) is 29.8 Å². The van der Waals surface area contributed by atoms with Crippen molar-refractivity contribution in [1.29, 1.82) is 0 Å². The molecule has 3 aromatic heterocycles. The Labute approximate surface area is 198 Å². The molecule has 1 unspecified atom stereocenters. The minimum atomic E-state index is 0.437. The number of aromatic nitrogens is 5. The third-order valence-corrected chi connectivity index (χ3v) is 6.43. The van der Waals surface area contributed by atoms with Crippen LogP contribution in [0.3, 0.4) is 0 Å². The second kappa shape index (κ2) is 8.73. The van der Waals surface area contributed by atoms with Crippen LogP contribution in [0, 0.1) is 11.8 Å². The Hall–Kier alpha value is -4.02. The first kappa shape index (κ1) is 20.6. The minimum absolute atomic E-state index is 0.437. The number of allylic oxidation sites excluding steroid dienone is 1. The number of hydrogen-bond donors (Lipinski definition) is 1. The van der Waals surface area contributed by atoms with Crippen LogP contribution in [0.2, 0.25) is 0 Å². The molecule has 1 aliphatic carbocycles. The first-order valence-electron chi connectivity index (χ1n) is 11.5. The van der Waals surface area contributed by atoms with Gasteiger partial charge in [-0.1, -0.05) is 18.1 Å². The number of imidazole rings is 1. The fraction of sp³-hybridized carbons (Fsp3) is 0.259. The Morgan fingerprint density at radius 3 is 2.97 bits per heavy atom. The van der Waals surface area contributed by atoms with E-state index in [-0.39, 0.29) is 0 Å². The molecule has 1 aliphatic heterocycles. The highest BCUT2D eigenvalue weighted by molar-refractivity contribution is 5.87. The number of rotatable bonds is 3. The first-order chi connectivity index (χ1) is 16.8. The summed E-state index contributed by atoms with van der Waals surface area (Å²) in [5.74, 6) is 6.81. The Balaban J connectivity index is 1.33. The van der Waals surface area contributed by atoms with Gasteiger partial charge in [-0.3, -0.25) is 4.98 Å². The predicted octanol–water partition coefficient (Wildman–Crippen LogP) is 3.54. The molecule has 0 spiro atoms. The molecule has 1 atom stereocenters. The lowest BCUT2D eigenvalue weighted by Crippen LogP contribution is -2.31. The van der Waals surface area contributed by atoms with Crippen LogP contribution in [0.4, 0.5) is 0 Å². The van der Waals surface area contributed by atoms with Gasteiger partial charge in [-0.05, 0) is 49.1 Å². The van der Waals surface area contributed by atoms with Crippen molar-refractivity contribution in [2.24, 2.45) is 0 Å². The van der Waals surface area contributed by atoms with Gasteiger partial charge in [0.1, 0.15) is 5.69 Å². The molecule has 0 radical (unpaired) electrons. The van der Waals surface area contributed by atoms with Crippen LogP contribution in [-0.2, 0) is 6.42 Å². The van der Waals surface area contributed by atoms with E-state index in [0.29, 0.717) is 17.6 Å². The SMILES string of the molecule is COc1cc(C#Cc2cnc3c(n2)C(c2ccc4ncn(C5CCCNC5)c4c2)=CC3)ccn1. The van der Waals surface area contributed by atoms with Crippen LogP contribution < -0.4 is 10.1 Å². The average molecular weight is 449 g/mol. The van der Waals surface area contributed by atoms with Gasteiger partial charge in [-0.25, -0.2) is 15.0 Å². The summed E-state index contributed by atoms with van der Waals surface area (Å²) in [4.78, 5) is 18.3. The van der Waals surface area contributed by atoms with Crippen LogP contribution in [0.15, 0.2) is 55.1 Å². The van der Waals surface area contributed by atoms with E-state index >= 15 is 0 Å². The molecule has 1 saturated heterocycles. The normalized spacial score (nSPS) is 17.1. The Kier molecular flexibility index (Phi) is 5.28. The maximum absolute atomic E-state index is 5.18. The predicted molar refractivity (Wildman–Crippen MR) is 130 cm³/mol. The Morgan fingerprint density at radius 1 is 1.12 bits per heavy atom. The zero-order chi connectivity index (χ0) is 22.9. The van der Waals surface area contributed by atoms with Gasteiger partial charge in [-0.15, -0.1) is 0 Å². The molecule has 34 heavy (non-hydrogen) atoms. The van der Waals surface area contributed by atoms with Crippen molar-refractivity contribution in [3.05, 3.63) is 83.3 Å². The highest BCUT2D eigenvalue weighted by Gasteiger charge is 2.21. The molecule has 0 amide bonds. The Bertz CT molecular complexity index is 1470. The van der Waals surface area contributed by atoms with Crippen LogP contribution >= 0.6 is 0 Å². The zero-order valence-corrected chi connectivity index (χ0v) is 19.0. The molecule has 2 aliphatic rings. The number of hydrogen-bond acceptors (Lipinski definition) is 6. The molecule has 4 heterocycles. The van der Waals surface area contributed by atoms with E-state index in [0.717, 1.165) is 58.6 Å². The van der Waals surface area contributed by atoms with Gasteiger partial charge >= 0.3 is 0 Å². The number of fused-ring (bicyclic) bond motifs is 2. The van der Waals surface area contributed by atoms with Crippen molar-refractivity contribution >= 4 is 16.6 Å².